The number of benzene rings is 2. The Morgan fingerprint density at radius 1 is 0.939 bits per heavy atom. The first-order valence-corrected chi connectivity index (χ1v) is 10.6. The van der Waals surface area contributed by atoms with Crippen LogP contribution in [0.4, 0.5) is 0 Å². The molecule has 166 valence electrons. The smallest absolute Gasteiger partial charge is 0.244 e. The minimum absolute atomic E-state index is 0.122. The van der Waals surface area contributed by atoms with Gasteiger partial charge >= 0.3 is 0 Å². The fraction of sp³-hybridized carbons (Fsp3) is 0.115. The average Bonchev–Trinajstić information content (AvgIpc) is 3.51. The molecule has 0 aliphatic heterocycles. The van der Waals surface area contributed by atoms with Crippen LogP contribution in [-0.2, 0) is 22.7 Å². The lowest BCUT2D eigenvalue weighted by atomic mass is 10.1. The maximum Gasteiger partial charge on any atom is 0.244 e. The Bertz CT molecular complexity index is 1210. The number of carbonyl (C=O) groups excluding carboxylic acids is 2. The predicted octanol–water partition coefficient (Wildman–Crippen LogP) is 3.64. The molecule has 2 amide bonds. The number of carbonyl (C=O) groups is 2. The Morgan fingerprint density at radius 3 is 2.42 bits per heavy atom. The summed E-state index contributed by atoms with van der Waals surface area (Å²) in [5.41, 5.74) is 3.69. The topological polar surface area (TPSA) is 89.2 Å². The highest BCUT2D eigenvalue weighted by molar-refractivity contribution is 5.95. The van der Waals surface area contributed by atoms with Crippen LogP contribution in [0, 0.1) is 0 Å². The van der Waals surface area contributed by atoms with E-state index in [1.165, 1.54) is 6.08 Å². The van der Waals surface area contributed by atoms with Gasteiger partial charge in [0.2, 0.25) is 11.8 Å². The normalized spacial score (nSPS) is 10.9. The molecule has 2 aromatic carbocycles. The van der Waals surface area contributed by atoms with Gasteiger partial charge < -0.3 is 15.1 Å². The Hall–Kier alpha value is -4.39. The van der Waals surface area contributed by atoms with E-state index in [-0.39, 0.29) is 24.9 Å². The summed E-state index contributed by atoms with van der Waals surface area (Å²) < 4.78 is 7.02. The monoisotopic (exact) mass is 440 g/mol. The van der Waals surface area contributed by atoms with Crippen molar-refractivity contribution in [3.05, 3.63) is 108 Å². The second kappa shape index (κ2) is 10.8. The van der Waals surface area contributed by atoms with Crippen molar-refractivity contribution in [3.8, 4) is 11.3 Å². The van der Waals surface area contributed by atoms with Crippen LogP contribution < -0.4 is 10.6 Å². The van der Waals surface area contributed by atoms with Gasteiger partial charge in [-0.3, -0.25) is 14.3 Å². The summed E-state index contributed by atoms with van der Waals surface area (Å²) in [6.07, 6.45) is 6.58. The van der Waals surface area contributed by atoms with E-state index in [0.717, 1.165) is 22.4 Å². The third-order valence-corrected chi connectivity index (χ3v) is 4.90. The van der Waals surface area contributed by atoms with Gasteiger partial charge in [-0.15, -0.1) is 0 Å². The molecule has 0 spiro atoms. The number of amides is 2. The lowest BCUT2D eigenvalue weighted by Gasteiger charge is -2.04. The zero-order valence-corrected chi connectivity index (χ0v) is 18.0. The minimum Gasteiger partial charge on any atom is -0.467 e. The third-order valence-electron chi connectivity index (χ3n) is 4.90. The van der Waals surface area contributed by atoms with Crippen LogP contribution in [0.5, 0.6) is 0 Å². The van der Waals surface area contributed by atoms with Crippen LogP contribution in [0.2, 0.25) is 0 Å². The number of rotatable bonds is 9. The highest BCUT2D eigenvalue weighted by Gasteiger charge is 2.10. The quantitative estimate of drug-likeness (QED) is 0.389. The molecule has 2 heterocycles. The van der Waals surface area contributed by atoms with Gasteiger partial charge in [-0.1, -0.05) is 60.7 Å². The molecule has 0 atom stereocenters. The van der Waals surface area contributed by atoms with Crippen molar-refractivity contribution in [2.75, 3.05) is 6.54 Å². The van der Waals surface area contributed by atoms with E-state index < -0.39 is 0 Å². The molecular weight excluding hydrogens is 416 g/mol. The SMILES string of the molecule is O=C(/C=C/c1cn(Cc2ccccc2)nc1-c1ccccc1)NCC(=O)NCc1ccco1. The highest BCUT2D eigenvalue weighted by atomic mass is 16.3. The average molecular weight is 441 g/mol. The summed E-state index contributed by atoms with van der Waals surface area (Å²) >= 11 is 0. The first-order chi connectivity index (χ1) is 16.2. The molecule has 4 rings (SSSR count). The molecule has 0 saturated heterocycles. The summed E-state index contributed by atoms with van der Waals surface area (Å²) in [4.78, 5) is 24.2. The van der Waals surface area contributed by atoms with Gasteiger partial charge in [0.05, 0.1) is 31.6 Å². The van der Waals surface area contributed by atoms with E-state index in [4.69, 9.17) is 9.52 Å². The molecule has 2 N–H and O–H groups in total. The van der Waals surface area contributed by atoms with E-state index in [9.17, 15) is 9.59 Å². The van der Waals surface area contributed by atoms with Crippen molar-refractivity contribution < 1.29 is 14.0 Å². The number of nitrogens with zero attached hydrogens (tertiary/aromatic N) is 2. The molecular formula is C26H24N4O3. The summed E-state index contributed by atoms with van der Waals surface area (Å²) in [5, 5.41) is 10.0. The number of furan rings is 1. The van der Waals surface area contributed by atoms with E-state index in [2.05, 4.69) is 10.6 Å². The molecule has 7 nitrogen and oxygen atoms in total. The summed E-state index contributed by atoms with van der Waals surface area (Å²) in [7, 11) is 0. The van der Waals surface area contributed by atoms with Crippen LogP contribution >= 0.6 is 0 Å². The first-order valence-electron chi connectivity index (χ1n) is 10.6. The highest BCUT2D eigenvalue weighted by Crippen LogP contribution is 2.23. The molecule has 33 heavy (non-hydrogen) atoms. The summed E-state index contributed by atoms with van der Waals surface area (Å²) in [6, 6.07) is 23.4. The number of hydrogen-bond donors (Lipinski definition) is 2. The number of aromatic nitrogens is 2. The van der Waals surface area contributed by atoms with Gasteiger partial charge in [0.15, 0.2) is 0 Å². The van der Waals surface area contributed by atoms with Crippen molar-refractivity contribution in [3.63, 3.8) is 0 Å². The Kier molecular flexibility index (Phi) is 7.12. The first kappa shape index (κ1) is 21.8. The van der Waals surface area contributed by atoms with Crippen molar-refractivity contribution in [2.24, 2.45) is 0 Å². The largest absolute Gasteiger partial charge is 0.467 e. The number of hydrogen-bond acceptors (Lipinski definition) is 4. The van der Waals surface area contributed by atoms with Crippen molar-refractivity contribution in [1.29, 1.82) is 0 Å². The minimum atomic E-state index is -0.363. The zero-order chi connectivity index (χ0) is 22.9. The van der Waals surface area contributed by atoms with Gasteiger partial charge in [-0.25, -0.2) is 0 Å². The van der Waals surface area contributed by atoms with E-state index in [1.807, 2.05) is 71.5 Å². The lowest BCUT2D eigenvalue weighted by molar-refractivity contribution is -0.124. The molecule has 0 radical (unpaired) electrons. The van der Waals surface area contributed by atoms with Gasteiger partial charge in [0.1, 0.15) is 5.76 Å². The van der Waals surface area contributed by atoms with Crippen molar-refractivity contribution in [2.45, 2.75) is 13.1 Å². The number of nitrogens with one attached hydrogen (secondary N) is 2. The van der Waals surface area contributed by atoms with Crippen molar-refractivity contribution >= 4 is 17.9 Å². The van der Waals surface area contributed by atoms with Gasteiger partial charge in [0.25, 0.3) is 0 Å². The Labute approximate surface area is 191 Å². The van der Waals surface area contributed by atoms with Gasteiger partial charge in [-0.05, 0) is 23.8 Å². The maximum absolute atomic E-state index is 12.3. The second-order valence-corrected chi connectivity index (χ2v) is 7.39. The fourth-order valence-electron chi connectivity index (χ4n) is 3.28. The predicted molar refractivity (Wildman–Crippen MR) is 126 cm³/mol. The van der Waals surface area contributed by atoms with Crippen LogP contribution in [0.15, 0.2) is 95.7 Å². The van der Waals surface area contributed by atoms with Crippen LogP contribution in [0.1, 0.15) is 16.9 Å². The fourth-order valence-corrected chi connectivity index (χ4v) is 3.28. The second-order valence-electron chi connectivity index (χ2n) is 7.39. The molecule has 4 aromatic rings. The molecule has 0 aliphatic carbocycles. The zero-order valence-electron chi connectivity index (χ0n) is 18.0. The lowest BCUT2D eigenvalue weighted by Crippen LogP contribution is -2.35. The standard InChI is InChI=1S/C26H24N4O3/c31-24(28-17-25(32)27-16-23-12-7-15-33-23)14-13-22-19-30(18-20-8-3-1-4-9-20)29-26(22)21-10-5-2-6-11-21/h1-15,19H,16-18H2,(H,27,32)(H,28,31)/b14-13+. The summed E-state index contributed by atoms with van der Waals surface area (Å²) in [6.45, 7) is 0.776. The summed E-state index contributed by atoms with van der Waals surface area (Å²) in [5.74, 6) is -0.0118. The molecule has 0 bridgehead atoms. The van der Waals surface area contributed by atoms with E-state index in [0.29, 0.717) is 12.3 Å². The maximum atomic E-state index is 12.3. The van der Waals surface area contributed by atoms with Gasteiger partial charge in [-0.2, -0.15) is 5.10 Å². The Balaban J connectivity index is 1.41. The van der Waals surface area contributed by atoms with E-state index in [1.54, 1.807) is 24.5 Å². The molecule has 0 fully saturated rings. The van der Waals surface area contributed by atoms with Crippen LogP contribution in [0.25, 0.3) is 17.3 Å². The van der Waals surface area contributed by atoms with Gasteiger partial charge in [0, 0.05) is 23.4 Å². The van der Waals surface area contributed by atoms with Crippen LogP contribution in [0.3, 0.4) is 0 Å². The molecule has 7 heteroatoms. The van der Waals surface area contributed by atoms with E-state index >= 15 is 0 Å². The third kappa shape index (κ3) is 6.30. The molecule has 0 saturated carbocycles. The van der Waals surface area contributed by atoms with Crippen molar-refractivity contribution in [1.82, 2.24) is 20.4 Å². The molecule has 0 aliphatic rings. The van der Waals surface area contributed by atoms with Crippen LogP contribution in [-0.4, -0.2) is 28.1 Å². The molecule has 2 aromatic heterocycles. The molecule has 0 unspecified atom stereocenters. The Morgan fingerprint density at radius 2 is 1.70 bits per heavy atom.